The van der Waals surface area contributed by atoms with E-state index in [1.54, 1.807) is 0 Å². The Balaban J connectivity index is 1.68. The van der Waals surface area contributed by atoms with Crippen LogP contribution in [0.2, 0.25) is 0 Å². The van der Waals surface area contributed by atoms with Gasteiger partial charge in [0.1, 0.15) is 0 Å². The number of nitrogens with one attached hydrogen (secondary N) is 1. The Kier molecular flexibility index (Phi) is 5.01. The molecule has 4 heteroatoms. The molecule has 2 fully saturated rings. The molecule has 104 valence electrons. The Hall–Kier alpha value is -0.610. The molecule has 1 aliphatic heterocycles. The third-order valence-electron chi connectivity index (χ3n) is 4.43. The van der Waals surface area contributed by atoms with E-state index in [9.17, 15) is 4.79 Å². The van der Waals surface area contributed by atoms with E-state index in [4.69, 9.17) is 10.5 Å². The van der Waals surface area contributed by atoms with Crippen LogP contribution in [0.25, 0.3) is 0 Å². The quantitative estimate of drug-likeness (QED) is 0.798. The van der Waals surface area contributed by atoms with Crippen molar-refractivity contribution in [1.29, 1.82) is 0 Å². The largest absolute Gasteiger partial charge is 0.381 e. The summed E-state index contributed by atoms with van der Waals surface area (Å²) in [6.07, 6.45) is 6.10. The van der Waals surface area contributed by atoms with Gasteiger partial charge in [0.2, 0.25) is 5.91 Å². The maximum atomic E-state index is 12.0. The Morgan fingerprint density at radius 3 is 2.67 bits per heavy atom. The maximum absolute atomic E-state index is 12.0. The van der Waals surface area contributed by atoms with Crippen molar-refractivity contribution in [3.63, 3.8) is 0 Å². The lowest BCUT2D eigenvalue weighted by atomic mass is 9.84. The van der Waals surface area contributed by atoms with E-state index in [1.165, 1.54) is 0 Å². The monoisotopic (exact) mass is 254 g/mol. The normalized spacial score (nSPS) is 34.2. The van der Waals surface area contributed by atoms with E-state index >= 15 is 0 Å². The SMILES string of the molecule is CC(NC(=O)CC1CCC(N)CC1)C1CCOC1. The van der Waals surface area contributed by atoms with E-state index in [0.717, 1.165) is 45.3 Å². The molecule has 3 N–H and O–H groups in total. The summed E-state index contributed by atoms with van der Waals surface area (Å²) in [7, 11) is 0. The zero-order chi connectivity index (χ0) is 13.0. The number of carbonyl (C=O) groups excluding carboxylic acids is 1. The van der Waals surface area contributed by atoms with Gasteiger partial charge in [-0.25, -0.2) is 0 Å². The van der Waals surface area contributed by atoms with Gasteiger partial charge in [0, 0.05) is 31.0 Å². The lowest BCUT2D eigenvalue weighted by Crippen LogP contribution is -2.39. The van der Waals surface area contributed by atoms with Gasteiger partial charge in [-0.15, -0.1) is 0 Å². The average molecular weight is 254 g/mol. The summed E-state index contributed by atoms with van der Waals surface area (Å²) in [5.41, 5.74) is 5.88. The summed E-state index contributed by atoms with van der Waals surface area (Å²) < 4.78 is 5.36. The van der Waals surface area contributed by atoms with Crippen LogP contribution in [0.1, 0.15) is 45.4 Å². The molecule has 2 aliphatic rings. The minimum absolute atomic E-state index is 0.204. The van der Waals surface area contributed by atoms with Gasteiger partial charge in [-0.1, -0.05) is 0 Å². The molecule has 2 unspecified atom stereocenters. The molecular formula is C14H26N2O2. The number of ether oxygens (including phenoxy) is 1. The van der Waals surface area contributed by atoms with Crippen molar-refractivity contribution < 1.29 is 9.53 Å². The molecule has 1 heterocycles. The van der Waals surface area contributed by atoms with Gasteiger partial charge in [-0.2, -0.15) is 0 Å². The molecule has 0 aromatic carbocycles. The van der Waals surface area contributed by atoms with Crippen LogP contribution < -0.4 is 11.1 Å². The van der Waals surface area contributed by atoms with Crippen molar-refractivity contribution in [3.8, 4) is 0 Å². The lowest BCUT2D eigenvalue weighted by molar-refractivity contribution is -0.123. The van der Waals surface area contributed by atoms with E-state index in [1.807, 2.05) is 0 Å². The predicted molar refractivity (Wildman–Crippen MR) is 71.1 cm³/mol. The molecule has 1 saturated carbocycles. The topological polar surface area (TPSA) is 64.4 Å². The molecule has 0 spiro atoms. The molecule has 1 saturated heterocycles. The Morgan fingerprint density at radius 2 is 2.06 bits per heavy atom. The highest BCUT2D eigenvalue weighted by Gasteiger charge is 2.25. The van der Waals surface area contributed by atoms with Crippen LogP contribution in [0, 0.1) is 11.8 Å². The molecule has 0 radical (unpaired) electrons. The highest BCUT2D eigenvalue weighted by atomic mass is 16.5. The molecule has 0 bridgehead atoms. The van der Waals surface area contributed by atoms with E-state index in [2.05, 4.69) is 12.2 Å². The smallest absolute Gasteiger partial charge is 0.220 e. The number of carbonyl (C=O) groups is 1. The fourth-order valence-electron chi connectivity index (χ4n) is 3.03. The molecule has 1 amide bonds. The van der Waals surface area contributed by atoms with Crippen molar-refractivity contribution in [2.75, 3.05) is 13.2 Å². The summed E-state index contributed by atoms with van der Waals surface area (Å²) in [5.74, 6) is 1.24. The second kappa shape index (κ2) is 6.53. The van der Waals surface area contributed by atoms with Crippen LogP contribution in [0.5, 0.6) is 0 Å². The molecule has 1 aliphatic carbocycles. The standard InChI is InChI=1S/C14H26N2O2/c1-10(12-6-7-18-9-12)16-14(17)8-11-2-4-13(15)5-3-11/h10-13H,2-9,15H2,1H3,(H,16,17). The van der Waals surface area contributed by atoms with Crippen LogP contribution in [-0.4, -0.2) is 31.2 Å². The predicted octanol–water partition coefficient (Wildman–Crippen LogP) is 1.44. The second-order valence-corrected chi connectivity index (χ2v) is 5.96. The van der Waals surface area contributed by atoms with Gasteiger partial charge in [-0.3, -0.25) is 4.79 Å². The summed E-state index contributed by atoms with van der Waals surface area (Å²) in [5, 5.41) is 3.13. The zero-order valence-corrected chi connectivity index (χ0v) is 11.4. The van der Waals surface area contributed by atoms with Gasteiger partial charge in [0.25, 0.3) is 0 Å². The summed E-state index contributed by atoms with van der Waals surface area (Å²) in [4.78, 5) is 12.0. The third kappa shape index (κ3) is 3.95. The molecule has 0 aromatic rings. The van der Waals surface area contributed by atoms with Crippen LogP contribution >= 0.6 is 0 Å². The van der Waals surface area contributed by atoms with Crippen LogP contribution in [0.15, 0.2) is 0 Å². The first-order valence-electron chi connectivity index (χ1n) is 7.28. The summed E-state index contributed by atoms with van der Waals surface area (Å²) >= 11 is 0. The number of rotatable bonds is 4. The average Bonchev–Trinajstić information content (AvgIpc) is 2.85. The van der Waals surface area contributed by atoms with Gasteiger partial charge in [0.05, 0.1) is 6.61 Å². The van der Waals surface area contributed by atoms with Gasteiger partial charge in [-0.05, 0) is 44.9 Å². The van der Waals surface area contributed by atoms with Crippen molar-refractivity contribution in [1.82, 2.24) is 5.32 Å². The van der Waals surface area contributed by atoms with E-state index < -0.39 is 0 Å². The first-order chi connectivity index (χ1) is 8.65. The Bertz CT molecular complexity index is 269. The van der Waals surface area contributed by atoms with Gasteiger partial charge >= 0.3 is 0 Å². The van der Waals surface area contributed by atoms with E-state index in [-0.39, 0.29) is 11.9 Å². The molecule has 18 heavy (non-hydrogen) atoms. The number of hydrogen-bond acceptors (Lipinski definition) is 3. The number of hydrogen-bond donors (Lipinski definition) is 2. The molecular weight excluding hydrogens is 228 g/mol. The Morgan fingerprint density at radius 1 is 1.33 bits per heavy atom. The minimum Gasteiger partial charge on any atom is -0.381 e. The summed E-state index contributed by atoms with van der Waals surface area (Å²) in [6, 6.07) is 0.602. The highest BCUT2D eigenvalue weighted by molar-refractivity contribution is 5.76. The number of amides is 1. The first kappa shape index (κ1) is 13.8. The van der Waals surface area contributed by atoms with Crippen molar-refractivity contribution in [3.05, 3.63) is 0 Å². The molecule has 2 atom stereocenters. The fourth-order valence-corrected chi connectivity index (χ4v) is 3.03. The number of nitrogens with two attached hydrogens (primary N) is 1. The van der Waals surface area contributed by atoms with Gasteiger partial charge < -0.3 is 15.8 Å². The van der Waals surface area contributed by atoms with Crippen LogP contribution in [-0.2, 0) is 9.53 Å². The second-order valence-electron chi connectivity index (χ2n) is 5.96. The maximum Gasteiger partial charge on any atom is 0.220 e. The van der Waals surface area contributed by atoms with Gasteiger partial charge in [0.15, 0.2) is 0 Å². The van der Waals surface area contributed by atoms with Crippen LogP contribution in [0.4, 0.5) is 0 Å². The Labute approximate surface area is 110 Å². The van der Waals surface area contributed by atoms with Crippen molar-refractivity contribution in [2.45, 2.75) is 57.5 Å². The highest BCUT2D eigenvalue weighted by Crippen LogP contribution is 2.26. The van der Waals surface area contributed by atoms with Crippen LogP contribution in [0.3, 0.4) is 0 Å². The molecule has 2 rings (SSSR count). The van der Waals surface area contributed by atoms with E-state index in [0.29, 0.717) is 24.3 Å². The lowest BCUT2D eigenvalue weighted by Gasteiger charge is -2.26. The van der Waals surface area contributed by atoms with Crippen molar-refractivity contribution >= 4 is 5.91 Å². The zero-order valence-electron chi connectivity index (χ0n) is 11.4. The molecule has 0 aromatic heterocycles. The fraction of sp³-hybridized carbons (Fsp3) is 0.929. The minimum atomic E-state index is 0.204. The first-order valence-corrected chi connectivity index (χ1v) is 7.28. The van der Waals surface area contributed by atoms with Crippen molar-refractivity contribution in [2.24, 2.45) is 17.6 Å². The molecule has 4 nitrogen and oxygen atoms in total. The summed E-state index contributed by atoms with van der Waals surface area (Å²) in [6.45, 7) is 3.72. The third-order valence-corrected chi connectivity index (χ3v) is 4.43.